The standard InChI is InChI=1S/C20H16ClNO5/c1-24-15-6-10(7-16(25-2)19(15)26-3)17-12-5-4-11(21)8-13(12)22-14-9-27-20(23)18(14)17/h4-9,23H,1-3H3. The molecule has 1 N–H and O–H groups in total. The van der Waals surface area contributed by atoms with Crippen LogP contribution in [0.5, 0.6) is 23.2 Å². The van der Waals surface area contributed by atoms with Gasteiger partial charge in [0.1, 0.15) is 11.8 Å². The zero-order chi connectivity index (χ0) is 19.1. The van der Waals surface area contributed by atoms with Crippen molar-refractivity contribution >= 4 is 33.4 Å². The van der Waals surface area contributed by atoms with E-state index in [1.54, 1.807) is 33.5 Å². The number of hydrogen-bond acceptors (Lipinski definition) is 6. The van der Waals surface area contributed by atoms with Crippen molar-refractivity contribution in [2.24, 2.45) is 0 Å². The Kier molecular flexibility index (Phi) is 4.20. The molecule has 0 unspecified atom stereocenters. The van der Waals surface area contributed by atoms with Crippen LogP contribution in [0.1, 0.15) is 0 Å². The number of rotatable bonds is 4. The molecular weight excluding hydrogens is 370 g/mol. The van der Waals surface area contributed by atoms with E-state index in [9.17, 15) is 5.11 Å². The summed E-state index contributed by atoms with van der Waals surface area (Å²) in [7, 11) is 4.65. The quantitative estimate of drug-likeness (QED) is 0.531. The summed E-state index contributed by atoms with van der Waals surface area (Å²) < 4.78 is 21.5. The summed E-state index contributed by atoms with van der Waals surface area (Å²) in [6.45, 7) is 0. The van der Waals surface area contributed by atoms with Crippen LogP contribution in [-0.4, -0.2) is 31.4 Å². The Morgan fingerprint density at radius 2 is 1.67 bits per heavy atom. The zero-order valence-corrected chi connectivity index (χ0v) is 15.6. The molecule has 4 aromatic rings. The SMILES string of the molecule is COc1cc(-c2c3ccc(Cl)cc3nc3coc(O)c23)cc(OC)c1OC. The van der Waals surface area contributed by atoms with Crippen LogP contribution in [0.15, 0.2) is 41.0 Å². The number of ether oxygens (including phenoxy) is 3. The average Bonchev–Trinajstić information content (AvgIpc) is 3.05. The van der Waals surface area contributed by atoms with Gasteiger partial charge in [-0.05, 0) is 29.8 Å². The van der Waals surface area contributed by atoms with E-state index in [1.807, 2.05) is 18.2 Å². The summed E-state index contributed by atoms with van der Waals surface area (Å²) in [5.41, 5.74) is 2.68. The third-order valence-electron chi connectivity index (χ3n) is 4.43. The Morgan fingerprint density at radius 1 is 0.963 bits per heavy atom. The van der Waals surface area contributed by atoms with Gasteiger partial charge in [0.15, 0.2) is 11.5 Å². The molecule has 0 aliphatic rings. The third kappa shape index (κ3) is 2.69. The van der Waals surface area contributed by atoms with Crippen molar-refractivity contribution < 1.29 is 23.7 Å². The molecule has 0 amide bonds. The van der Waals surface area contributed by atoms with E-state index in [-0.39, 0.29) is 5.95 Å². The van der Waals surface area contributed by atoms with Gasteiger partial charge in [-0.15, -0.1) is 0 Å². The second-order valence-electron chi connectivity index (χ2n) is 5.86. The van der Waals surface area contributed by atoms with Gasteiger partial charge in [-0.25, -0.2) is 4.98 Å². The van der Waals surface area contributed by atoms with E-state index in [4.69, 9.17) is 30.2 Å². The number of nitrogens with zero attached hydrogens (tertiary/aromatic N) is 1. The normalized spacial score (nSPS) is 11.1. The highest BCUT2D eigenvalue weighted by Crippen LogP contribution is 2.46. The number of aromatic nitrogens is 1. The van der Waals surface area contributed by atoms with Crippen LogP contribution in [-0.2, 0) is 0 Å². The van der Waals surface area contributed by atoms with Gasteiger partial charge in [-0.2, -0.15) is 0 Å². The van der Waals surface area contributed by atoms with Crippen molar-refractivity contribution in [1.29, 1.82) is 0 Å². The van der Waals surface area contributed by atoms with E-state index in [0.717, 1.165) is 16.5 Å². The predicted octanol–water partition coefficient (Wildman–Crippen LogP) is 5.03. The van der Waals surface area contributed by atoms with Crippen molar-refractivity contribution in [3.8, 4) is 34.3 Å². The topological polar surface area (TPSA) is 74.0 Å². The fourth-order valence-corrected chi connectivity index (χ4v) is 3.42. The Labute approximate surface area is 159 Å². The number of benzene rings is 2. The van der Waals surface area contributed by atoms with Crippen molar-refractivity contribution in [2.45, 2.75) is 0 Å². The van der Waals surface area contributed by atoms with Gasteiger partial charge < -0.3 is 23.7 Å². The van der Waals surface area contributed by atoms with E-state index < -0.39 is 0 Å². The van der Waals surface area contributed by atoms with Crippen molar-refractivity contribution in [3.63, 3.8) is 0 Å². The minimum absolute atomic E-state index is 0.210. The van der Waals surface area contributed by atoms with Crippen LogP contribution in [0.2, 0.25) is 5.02 Å². The lowest BCUT2D eigenvalue weighted by atomic mass is 9.97. The van der Waals surface area contributed by atoms with E-state index in [2.05, 4.69) is 4.98 Å². The number of pyridine rings is 1. The molecule has 4 rings (SSSR count). The second kappa shape index (κ2) is 6.55. The van der Waals surface area contributed by atoms with Crippen LogP contribution in [0.4, 0.5) is 0 Å². The molecular formula is C20H16ClNO5. The predicted molar refractivity (Wildman–Crippen MR) is 103 cm³/mol. The molecule has 138 valence electrons. The fourth-order valence-electron chi connectivity index (χ4n) is 3.25. The molecule has 2 aromatic heterocycles. The van der Waals surface area contributed by atoms with E-state index in [1.165, 1.54) is 6.26 Å². The molecule has 0 radical (unpaired) electrons. The van der Waals surface area contributed by atoms with Crippen LogP contribution in [0.25, 0.3) is 32.9 Å². The van der Waals surface area contributed by atoms with E-state index in [0.29, 0.717) is 38.7 Å². The number of hydrogen-bond donors (Lipinski definition) is 1. The fraction of sp³-hybridized carbons (Fsp3) is 0.150. The molecule has 7 heteroatoms. The first-order chi connectivity index (χ1) is 13.1. The lowest BCUT2D eigenvalue weighted by Gasteiger charge is -2.16. The van der Waals surface area contributed by atoms with Crippen LogP contribution < -0.4 is 14.2 Å². The van der Waals surface area contributed by atoms with Crippen LogP contribution in [0, 0.1) is 0 Å². The molecule has 2 aromatic carbocycles. The Balaban J connectivity index is 2.15. The number of halogens is 1. The number of fused-ring (bicyclic) bond motifs is 2. The van der Waals surface area contributed by atoms with Gasteiger partial charge in [-0.1, -0.05) is 17.7 Å². The van der Waals surface area contributed by atoms with Gasteiger partial charge in [0, 0.05) is 16.0 Å². The van der Waals surface area contributed by atoms with Gasteiger partial charge in [-0.3, -0.25) is 0 Å². The molecule has 27 heavy (non-hydrogen) atoms. The molecule has 0 aliphatic heterocycles. The van der Waals surface area contributed by atoms with Crippen LogP contribution >= 0.6 is 11.6 Å². The van der Waals surface area contributed by atoms with Crippen molar-refractivity contribution in [1.82, 2.24) is 4.98 Å². The summed E-state index contributed by atoms with van der Waals surface area (Å²) in [6, 6.07) is 9.03. The Hall–Kier alpha value is -3.12. The molecule has 0 aliphatic carbocycles. The maximum Gasteiger partial charge on any atom is 0.292 e. The summed E-state index contributed by atoms with van der Waals surface area (Å²) in [6.07, 6.45) is 1.41. The molecule has 0 fully saturated rings. The summed E-state index contributed by atoms with van der Waals surface area (Å²) in [5, 5.41) is 12.2. The largest absolute Gasteiger partial charge is 0.493 e. The molecule has 0 spiro atoms. The average molecular weight is 386 g/mol. The molecule has 0 atom stereocenters. The van der Waals surface area contributed by atoms with Gasteiger partial charge in [0.25, 0.3) is 5.95 Å². The van der Waals surface area contributed by atoms with Gasteiger partial charge in [0.05, 0.1) is 32.2 Å². The first-order valence-corrected chi connectivity index (χ1v) is 8.45. The first kappa shape index (κ1) is 17.3. The Morgan fingerprint density at radius 3 is 2.30 bits per heavy atom. The molecule has 0 saturated carbocycles. The molecule has 0 bridgehead atoms. The Bertz CT molecular complexity index is 1140. The number of aromatic hydroxyl groups is 1. The molecule has 0 saturated heterocycles. The van der Waals surface area contributed by atoms with Crippen molar-refractivity contribution in [3.05, 3.63) is 41.6 Å². The monoisotopic (exact) mass is 385 g/mol. The highest BCUT2D eigenvalue weighted by atomic mass is 35.5. The number of furan rings is 1. The van der Waals surface area contributed by atoms with Crippen molar-refractivity contribution in [2.75, 3.05) is 21.3 Å². The minimum atomic E-state index is -0.210. The summed E-state index contributed by atoms with van der Waals surface area (Å²) in [5.74, 6) is 1.28. The van der Waals surface area contributed by atoms with Gasteiger partial charge >= 0.3 is 0 Å². The maximum absolute atomic E-state index is 10.3. The molecule has 2 heterocycles. The molecule has 6 nitrogen and oxygen atoms in total. The number of methoxy groups -OCH3 is 3. The van der Waals surface area contributed by atoms with Gasteiger partial charge in [0.2, 0.25) is 5.75 Å². The minimum Gasteiger partial charge on any atom is -0.493 e. The summed E-state index contributed by atoms with van der Waals surface area (Å²) in [4.78, 5) is 4.54. The van der Waals surface area contributed by atoms with Crippen LogP contribution in [0.3, 0.4) is 0 Å². The smallest absolute Gasteiger partial charge is 0.292 e. The second-order valence-corrected chi connectivity index (χ2v) is 6.30. The third-order valence-corrected chi connectivity index (χ3v) is 4.66. The van der Waals surface area contributed by atoms with E-state index >= 15 is 0 Å². The summed E-state index contributed by atoms with van der Waals surface area (Å²) >= 11 is 6.14. The maximum atomic E-state index is 10.3. The first-order valence-electron chi connectivity index (χ1n) is 8.07. The highest BCUT2D eigenvalue weighted by molar-refractivity contribution is 6.31. The lowest BCUT2D eigenvalue weighted by molar-refractivity contribution is 0.324. The zero-order valence-electron chi connectivity index (χ0n) is 14.9. The lowest BCUT2D eigenvalue weighted by Crippen LogP contribution is -1.96. The highest BCUT2D eigenvalue weighted by Gasteiger charge is 2.21.